The van der Waals surface area contributed by atoms with Crippen LogP contribution in [-0.2, 0) is 0 Å². The number of nitrogens with zero attached hydrogens (tertiary/aromatic N) is 3. The zero-order valence-electron chi connectivity index (χ0n) is 15.9. The summed E-state index contributed by atoms with van der Waals surface area (Å²) in [6.45, 7) is 0. The molecule has 0 bridgehead atoms. The molecule has 2 aromatic heterocycles. The lowest BCUT2D eigenvalue weighted by Crippen LogP contribution is -2.15. The smallest absolute Gasteiger partial charge is 0.281 e. The van der Waals surface area contributed by atoms with Crippen LogP contribution in [0, 0.1) is 20.2 Å². The average Bonchev–Trinajstić information content (AvgIpc) is 3.40. The molecule has 0 fully saturated rings. The molecule has 2 aromatic carbocycles. The van der Waals surface area contributed by atoms with Crippen LogP contribution >= 0.6 is 22.9 Å². The van der Waals surface area contributed by atoms with Crippen LogP contribution in [0.4, 0.5) is 11.4 Å². The standard InChI is InChI=1S/C20H11ClN4O6S/c21-16-9-13(25(29)30)1-4-15(16)17-5-3-14(31-17)10-22-23-20(26)19-8-11-7-12(24(27)28)2-6-18(11)32-19/h1-10H,(H,23,26). The van der Waals surface area contributed by atoms with E-state index in [1.165, 1.54) is 47.9 Å². The van der Waals surface area contributed by atoms with Crippen LogP contribution in [0.15, 0.2) is 64.1 Å². The summed E-state index contributed by atoms with van der Waals surface area (Å²) in [5, 5.41) is 26.3. The Morgan fingerprint density at radius 1 is 1.03 bits per heavy atom. The fourth-order valence-electron chi connectivity index (χ4n) is 2.85. The van der Waals surface area contributed by atoms with Crippen molar-refractivity contribution in [1.82, 2.24) is 5.43 Å². The molecule has 4 rings (SSSR count). The molecule has 10 nitrogen and oxygen atoms in total. The number of hydrogen-bond donors (Lipinski definition) is 1. The monoisotopic (exact) mass is 470 g/mol. The number of furan rings is 1. The minimum absolute atomic E-state index is 0.0537. The minimum atomic E-state index is -0.545. The van der Waals surface area contributed by atoms with Gasteiger partial charge in [-0.3, -0.25) is 25.0 Å². The predicted octanol–water partition coefficient (Wildman–Crippen LogP) is 5.40. The SMILES string of the molecule is O=C(NN=Cc1ccc(-c2ccc([N+](=O)[O-])cc2Cl)o1)c1cc2cc([N+](=O)[O-])ccc2s1. The van der Waals surface area contributed by atoms with E-state index in [-0.39, 0.29) is 16.4 Å². The molecule has 2 heterocycles. The number of carbonyl (C=O) groups excluding carboxylic acids is 1. The van der Waals surface area contributed by atoms with Crippen molar-refractivity contribution >= 4 is 56.5 Å². The zero-order chi connectivity index (χ0) is 22.8. The van der Waals surface area contributed by atoms with E-state index in [4.69, 9.17) is 16.0 Å². The fourth-order valence-corrected chi connectivity index (χ4v) is 4.05. The summed E-state index contributed by atoms with van der Waals surface area (Å²) >= 11 is 7.28. The number of nitro groups is 2. The van der Waals surface area contributed by atoms with E-state index < -0.39 is 15.8 Å². The van der Waals surface area contributed by atoms with Gasteiger partial charge < -0.3 is 4.42 Å². The van der Waals surface area contributed by atoms with Crippen LogP contribution in [0.3, 0.4) is 0 Å². The number of fused-ring (bicyclic) bond motifs is 1. The van der Waals surface area contributed by atoms with Gasteiger partial charge in [0.25, 0.3) is 17.3 Å². The molecule has 160 valence electrons. The molecule has 0 atom stereocenters. The number of amides is 1. The van der Waals surface area contributed by atoms with E-state index in [0.29, 0.717) is 27.3 Å². The summed E-state index contributed by atoms with van der Waals surface area (Å²) < 4.78 is 6.34. The Hall–Kier alpha value is -4.09. The first-order chi connectivity index (χ1) is 15.3. The largest absolute Gasteiger partial charge is 0.455 e. The first kappa shape index (κ1) is 21.2. The number of rotatable bonds is 6. The molecule has 0 unspecified atom stereocenters. The number of hydrazone groups is 1. The maximum absolute atomic E-state index is 12.3. The summed E-state index contributed by atoms with van der Waals surface area (Å²) in [4.78, 5) is 33.3. The second kappa shape index (κ2) is 8.57. The number of benzene rings is 2. The summed E-state index contributed by atoms with van der Waals surface area (Å²) in [5.74, 6) is 0.223. The number of nitro benzene ring substituents is 2. The van der Waals surface area contributed by atoms with Crippen molar-refractivity contribution in [3.8, 4) is 11.3 Å². The molecule has 12 heteroatoms. The van der Waals surface area contributed by atoms with Crippen LogP contribution in [0.1, 0.15) is 15.4 Å². The van der Waals surface area contributed by atoms with Crippen LogP contribution in [0.5, 0.6) is 0 Å². The Morgan fingerprint density at radius 2 is 1.75 bits per heavy atom. The van der Waals surface area contributed by atoms with Gasteiger partial charge in [0.05, 0.1) is 26.0 Å². The summed E-state index contributed by atoms with van der Waals surface area (Å²) in [6.07, 6.45) is 1.29. The third-order valence-electron chi connectivity index (χ3n) is 4.35. The van der Waals surface area contributed by atoms with Crippen molar-refractivity contribution < 1.29 is 19.1 Å². The van der Waals surface area contributed by atoms with Gasteiger partial charge in [-0.25, -0.2) is 5.43 Å². The van der Waals surface area contributed by atoms with Crippen LogP contribution in [-0.4, -0.2) is 22.0 Å². The Bertz CT molecular complexity index is 1410. The summed E-state index contributed by atoms with van der Waals surface area (Å²) in [7, 11) is 0. The average molecular weight is 471 g/mol. The quantitative estimate of drug-likeness (QED) is 0.227. The first-order valence-electron chi connectivity index (χ1n) is 8.87. The van der Waals surface area contributed by atoms with Gasteiger partial charge in [-0.1, -0.05) is 11.6 Å². The van der Waals surface area contributed by atoms with Crippen molar-refractivity contribution in [2.45, 2.75) is 0 Å². The molecule has 4 aromatic rings. The minimum Gasteiger partial charge on any atom is -0.455 e. The van der Waals surface area contributed by atoms with Crippen molar-refractivity contribution in [2.24, 2.45) is 5.10 Å². The highest BCUT2D eigenvalue weighted by Gasteiger charge is 2.14. The second-order valence-electron chi connectivity index (χ2n) is 6.41. The highest BCUT2D eigenvalue weighted by atomic mass is 35.5. The lowest BCUT2D eigenvalue weighted by Gasteiger charge is -2.00. The third-order valence-corrected chi connectivity index (χ3v) is 5.78. The molecule has 0 aliphatic rings. The molecule has 0 aliphatic heterocycles. The van der Waals surface area contributed by atoms with Crippen LogP contribution in [0.25, 0.3) is 21.4 Å². The molecule has 0 aliphatic carbocycles. The van der Waals surface area contributed by atoms with Crippen molar-refractivity contribution in [3.05, 3.63) is 90.5 Å². The zero-order valence-corrected chi connectivity index (χ0v) is 17.4. The van der Waals surface area contributed by atoms with Gasteiger partial charge in [-0.05, 0) is 30.3 Å². The highest BCUT2D eigenvalue weighted by molar-refractivity contribution is 7.20. The predicted molar refractivity (Wildman–Crippen MR) is 119 cm³/mol. The molecule has 0 radical (unpaired) electrons. The van der Waals surface area contributed by atoms with Gasteiger partial charge in [0.15, 0.2) is 0 Å². The maximum Gasteiger partial charge on any atom is 0.281 e. The fraction of sp³-hybridized carbons (Fsp3) is 0. The third kappa shape index (κ3) is 4.33. The molecule has 0 saturated carbocycles. The van der Waals surface area contributed by atoms with E-state index >= 15 is 0 Å². The van der Waals surface area contributed by atoms with Gasteiger partial charge in [0.2, 0.25) is 0 Å². The van der Waals surface area contributed by atoms with Crippen molar-refractivity contribution in [3.63, 3.8) is 0 Å². The van der Waals surface area contributed by atoms with Crippen LogP contribution in [0.2, 0.25) is 5.02 Å². The molecule has 0 saturated heterocycles. The lowest BCUT2D eigenvalue weighted by molar-refractivity contribution is -0.385. The van der Waals surface area contributed by atoms with E-state index in [1.54, 1.807) is 24.3 Å². The Balaban J connectivity index is 1.45. The van der Waals surface area contributed by atoms with E-state index in [0.717, 1.165) is 4.70 Å². The number of halogens is 1. The summed E-state index contributed by atoms with van der Waals surface area (Å²) in [6, 6.07) is 13.2. The molecule has 0 spiro atoms. The van der Waals surface area contributed by atoms with Gasteiger partial charge in [-0.15, -0.1) is 11.3 Å². The number of thiophene rings is 1. The van der Waals surface area contributed by atoms with Crippen molar-refractivity contribution in [2.75, 3.05) is 0 Å². The van der Waals surface area contributed by atoms with Gasteiger partial charge in [0, 0.05) is 39.9 Å². The van der Waals surface area contributed by atoms with Gasteiger partial charge in [0.1, 0.15) is 11.5 Å². The normalized spacial score (nSPS) is 11.2. The maximum atomic E-state index is 12.3. The topological polar surface area (TPSA) is 141 Å². The van der Waals surface area contributed by atoms with E-state index in [2.05, 4.69) is 10.5 Å². The van der Waals surface area contributed by atoms with E-state index in [9.17, 15) is 25.0 Å². The molecule has 1 N–H and O–H groups in total. The van der Waals surface area contributed by atoms with Gasteiger partial charge in [-0.2, -0.15) is 5.10 Å². The van der Waals surface area contributed by atoms with E-state index in [1.807, 2.05) is 0 Å². The second-order valence-corrected chi connectivity index (χ2v) is 7.90. The van der Waals surface area contributed by atoms with Gasteiger partial charge >= 0.3 is 0 Å². The Morgan fingerprint density at radius 3 is 2.47 bits per heavy atom. The number of non-ortho nitro benzene ring substituents is 2. The molecule has 32 heavy (non-hydrogen) atoms. The number of carbonyl (C=O) groups is 1. The number of hydrogen-bond acceptors (Lipinski definition) is 8. The number of nitrogens with one attached hydrogen (secondary N) is 1. The molecule has 1 amide bonds. The Labute approximate surface area is 188 Å². The van der Waals surface area contributed by atoms with Crippen LogP contribution < -0.4 is 5.43 Å². The molecular weight excluding hydrogens is 460 g/mol. The Kier molecular flexibility index (Phi) is 5.67. The molecular formula is C20H11ClN4O6S. The lowest BCUT2D eigenvalue weighted by atomic mass is 10.1. The first-order valence-corrected chi connectivity index (χ1v) is 10.1. The highest BCUT2D eigenvalue weighted by Crippen LogP contribution is 2.32. The summed E-state index contributed by atoms with van der Waals surface area (Å²) in [5.41, 5.74) is 2.66. The van der Waals surface area contributed by atoms with Crippen molar-refractivity contribution in [1.29, 1.82) is 0 Å².